The molecule has 0 aliphatic carbocycles. The van der Waals surface area contributed by atoms with Gasteiger partial charge < -0.3 is 10.6 Å². The van der Waals surface area contributed by atoms with Crippen molar-refractivity contribution in [3.05, 3.63) is 18.1 Å². The Morgan fingerprint density at radius 2 is 2.25 bits per heavy atom. The van der Waals surface area contributed by atoms with Gasteiger partial charge in [0.1, 0.15) is 18.0 Å². The Morgan fingerprint density at radius 1 is 1.58 bits per heavy atom. The number of nitrogens with two attached hydrogens (primary N) is 1. The molecule has 5 nitrogen and oxygen atoms in total. The number of hydrogen-bond donors (Lipinski definition) is 2. The second-order valence-electron chi connectivity index (χ2n) is 2.57. The van der Waals surface area contributed by atoms with Crippen molar-refractivity contribution < 1.29 is 0 Å². The Bertz CT molecular complexity index is 294. The number of rotatable bonds is 2. The summed E-state index contributed by atoms with van der Waals surface area (Å²) >= 11 is 0. The van der Waals surface area contributed by atoms with Gasteiger partial charge in [-0.05, 0) is 0 Å². The molecule has 0 spiro atoms. The van der Waals surface area contributed by atoms with Crippen molar-refractivity contribution in [3.63, 3.8) is 0 Å². The minimum atomic E-state index is -0.0145. The van der Waals surface area contributed by atoms with Gasteiger partial charge in [0.25, 0.3) is 0 Å². The van der Waals surface area contributed by atoms with Crippen LogP contribution in [0.2, 0.25) is 0 Å². The maximum atomic E-state index is 7.24. The molecule has 1 heterocycles. The summed E-state index contributed by atoms with van der Waals surface area (Å²) in [6.07, 6.45) is 2.96. The fourth-order valence-electron chi connectivity index (χ4n) is 0.870. The number of anilines is 1. The molecule has 0 saturated carbocycles. The molecule has 0 radical (unpaired) electrons. The van der Waals surface area contributed by atoms with Crippen molar-refractivity contribution in [2.45, 2.75) is 0 Å². The van der Waals surface area contributed by atoms with Crippen molar-refractivity contribution in [3.8, 4) is 0 Å². The van der Waals surface area contributed by atoms with Crippen molar-refractivity contribution in [2.75, 3.05) is 19.0 Å². The van der Waals surface area contributed by atoms with Crippen LogP contribution in [-0.4, -0.2) is 29.9 Å². The summed E-state index contributed by atoms with van der Waals surface area (Å²) < 4.78 is 0. The van der Waals surface area contributed by atoms with Crippen LogP contribution in [-0.2, 0) is 0 Å². The molecule has 1 rings (SSSR count). The molecule has 1 aromatic rings. The highest BCUT2D eigenvalue weighted by molar-refractivity contribution is 5.99. The van der Waals surface area contributed by atoms with Gasteiger partial charge in [-0.3, -0.25) is 5.41 Å². The van der Waals surface area contributed by atoms with Crippen LogP contribution in [0.5, 0.6) is 0 Å². The number of nitrogen functional groups attached to an aromatic ring is 1. The van der Waals surface area contributed by atoms with E-state index in [1.54, 1.807) is 4.90 Å². The summed E-state index contributed by atoms with van der Waals surface area (Å²) in [4.78, 5) is 9.57. The van der Waals surface area contributed by atoms with Gasteiger partial charge in [-0.2, -0.15) is 0 Å². The summed E-state index contributed by atoms with van der Waals surface area (Å²) in [7, 11) is 3.68. The first kappa shape index (κ1) is 8.45. The highest BCUT2D eigenvalue weighted by Gasteiger charge is 2.07. The first-order chi connectivity index (χ1) is 5.63. The number of nitrogens with one attached hydrogen (secondary N) is 1. The first-order valence-electron chi connectivity index (χ1n) is 3.44. The molecule has 3 N–H and O–H groups in total. The lowest BCUT2D eigenvalue weighted by Crippen LogP contribution is -2.20. The monoisotopic (exact) mass is 165 g/mol. The summed E-state index contributed by atoms with van der Waals surface area (Å²) in [6.45, 7) is 0. The SMILES string of the molecule is CN(C)c1ncncc1C(=N)N. The van der Waals surface area contributed by atoms with E-state index in [9.17, 15) is 0 Å². The van der Waals surface area contributed by atoms with E-state index >= 15 is 0 Å². The lowest BCUT2D eigenvalue weighted by atomic mass is 10.3. The van der Waals surface area contributed by atoms with E-state index in [0.717, 1.165) is 0 Å². The topological polar surface area (TPSA) is 78.9 Å². The third-order valence-electron chi connectivity index (χ3n) is 1.41. The zero-order valence-electron chi connectivity index (χ0n) is 7.07. The van der Waals surface area contributed by atoms with Crippen molar-refractivity contribution in [1.82, 2.24) is 9.97 Å². The Kier molecular flexibility index (Phi) is 2.23. The van der Waals surface area contributed by atoms with Crippen LogP contribution in [0.4, 0.5) is 5.82 Å². The summed E-state index contributed by atoms with van der Waals surface area (Å²) in [5.41, 5.74) is 5.89. The fraction of sp³-hybridized carbons (Fsp3) is 0.286. The van der Waals surface area contributed by atoms with Gasteiger partial charge >= 0.3 is 0 Å². The highest BCUT2D eigenvalue weighted by atomic mass is 15.1. The zero-order chi connectivity index (χ0) is 9.14. The molecule has 1 aromatic heterocycles. The van der Waals surface area contributed by atoms with Gasteiger partial charge in [-0.15, -0.1) is 0 Å². The smallest absolute Gasteiger partial charge is 0.142 e. The van der Waals surface area contributed by atoms with Crippen LogP contribution < -0.4 is 10.6 Å². The molecule has 0 aliphatic heterocycles. The maximum absolute atomic E-state index is 7.24. The molecule has 5 heteroatoms. The van der Waals surface area contributed by atoms with Gasteiger partial charge in [-0.1, -0.05) is 0 Å². The number of nitrogens with zero attached hydrogens (tertiary/aromatic N) is 3. The summed E-state index contributed by atoms with van der Waals surface area (Å²) in [5.74, 6) is 0.650. The lowest BCUT2D eigenvalue weighted by Gasteiger charge is -2.13. The van der Waals surface area contributed by atoms with Crippen molar-refractivity contribution >= 4 is 11.7 Å². The third-order valence-corrected chi connectivity index (χ3v) is 1.41. The average molecular weight is 165 g/mol. The molecular formula is C7H11N5. The van der Waals surface area contributed by atoms with Gasteiger partial charge in [-0.25, -0.2) is 9.97 Å². The van der Waals surface area contributed by atoms with Crippen molar-refractivity contribution in [1.29, 1.82) is 5.41 Å². The van der Waals surface area contributed by atoms with Gasteiger partial charge in [0.05, 0.1) is 5.56 Å². The molecule has 0 saturated heterocycles. The van der Waals surface area contributed by atoms with E-state index in [4.69, 9.17) is 11.1 Å². The van der Waals surface area contributed by atoms with Crippen LogP contribution in [0.25, 0.3) is 0 Å². The van der Waals surface area contributed by atoms with Crippen LogP contribution in [0.1, 0.15) is 5.56 Å². The molecule has 0 atom stereocenters. The lowest BCUT2D eigenvalue weighted by molar-refractivity contribution is 1.03. The molecule has 64 valence electrons. The van der Waals surface area contributed by atoms with Crippen molar-refractivity contribution in [2.24, 2.45) is 5.73 Å². The minimum absolute atomic E-state index is 0.0145. The van der Waals surface area contributed by atoms with E-state index in [1.165, 1.54) is 12.5 Å². The third kappa shape index (κ3) is 1.50. The highest BCUT2D eigenvalue weighted by Crippen LogP contribution is 2.11. The molecule has 0 aromatic carbocycles. The minimum Gasteiger partial charge on any atom is -0.384 e. The Balaban J connectivity index is 3.17. The van der Waals surface area contributed by atoms with Crippen LogP contribution in [0.3, 0.4) is 0 Å². The Morgan fingerprint density at radius 3 is 2.67 bits per heavy atom. The fourth-order valence-corrected chi connectivity index (χ4v) is 0.870. The molecule has 0 unspecified atom stereocenters. The van der Waals surface area contributed by atoms with Gasteiger partial charge in [0.15, 0.2) is 0 Å². The normalized spacial score (nSPS) is 9.50. The predicted octanol–water partition coefficient (Wildman–Crippen LogP) is -0.173. The Hall–Kier alpha value is -1.65. The molecule has 12 heavy (non-hydrogen) atoms. The number of amidine groups is 1. The van der Waals surface area contributed by atoms with Gasteiger partial charge in [0, 0.05) is 20.3 Å². The van der Waals surface area contributed by atoms with Crippen LogP contribution >= 0.6 is 0 Å². The van der Waals surface area contributed by atoms with Gasteiger partial charge in [0.2, 0.25) is 0 Å². The Labute approximate surface area is 70.8 Å². The second-order valence-corrected chi connectivity index (χ2v) is 2.57. The van der Waals surface area contributed by atoms with E-state index < -0.39 is 0 Å². The average Bonchev–Trinajstić information content (AvgIpc) is 2.04. The van der Waals surface area contributed by atoms with Crippen LogP contribution in [0.15, 0.2) is 12.5 Å². The van der Waals surface area contributed by atoms with Crippen LogP contribution in [0, 0.1) is 5.41 Å². The quantitative estimate of drug-likeness (QED) is 0.471. The molecule has 0 bridgehead atoms. The first-order valence-corrected chi connectivity index (χ1v) is 3.44. The molecule has 0 amide bonds. The van der Waals surface area contributed by atoms with E-state index in [0.29, 0.717) is 11.4 Å². The maximum Gasteiger partial charge on any atom is 0.142 e. The molecule has 0 aliphatic rings. The predicted molar refractivity (Wildman–Crippen MR) is 47.4 cm³/mol. The number of hydrogen-bond acceptors (Lipinski definition) is 4. The summed E-state index contributed by atoms with van der Waals surface area (Å²) in [6, 6.07) is 0. The van der Waals surface area contributed by atoms with E-state index in [2.05, 4.69) is 9.97 Å². The van der Waals surface area contributed by atoms with E-state index in [-0.39, 0.29) is 5.84 Å². The largest absolute Gasteiger partial charge is 0.384 e. The van der Waals surface area contributed by atoms with E-state index in [1.807, 2.05) is 14.1 Å². The standard InChI is InChI=1S/C7H11N5/c1-12(2)7-5(6(8)9)3-10-4-11-7/h3-4H,1-2H3,(H3,8,9). The summed E-state index contributed by atoms with van der Waals surface area (Å²) in [5, 5.41) is 7.24. The molecule has 0 fully saturated rings. The number of aromatic nitrogens is 2. The second kappa shape index (κ2) is 3.17. The molecular weight excluding hydrogens is 154 g/mol. The zero-order valence-corrected chi connectivity index (χ0v) is 7.07.